The van der Waals surface area contributed by atoms with E-state index in [1.807, 2.05) is 13.0 Å². The van der Waals surface area contributed by atoms with Gasteiger partial charge in [0.1, 0.15) is 0 Å². The molecule has 1 aromatic rings. The van der Waals surface area contributed by atoms with Gasteiger partial charge in [-0.05, 0) is 37.1 Å². The topological polar surface area (TPSA) is 69.6 Å². The van der Waals surface area contributed by atoms with E-state index in [9.17, 15) is 9.90 Å². The molecular weight excluding hydrogens is 218 g/mol. The van der Waals surface area contributed by atoms with Gasteiger partial charge in [0.15, 0.2) is 0 Å². The van der Waals surface area contributed by atoms with Crippen LogP contribution in [0.1, 0.15) is 35.7 Å². The Labute approximate surface area is 101 Å². The van der Waals surface area contributed by atoms with Gasteiger partial charge < -0.3 is 15.5 Å². The number of aromatic carboxylic acids is 1. The molecule has 0 spiro atoms. The predicted octanol–water partition coefficient (Wildman–Crippen LogP) is 1.64. The number of carboxylic acids is 1. The minimum absolute atomic E-state index is 0.257. The van der Waals surface area contributed by atoms with Gasteiger partial charge in [-0.25, -0.2) is 4.79 Å². The molecular formula is C13H19NO3. The summed E-state index contributed by atoms with van der Waals surface area (Å²) in [5.74, 6) is -0.909. The molecule has 17 heavy (non-hydrogen) atoms. The molecule has 0 amide bonds. The van der Waals surface area contributed by atoms with Crippen molar-refractivity contribution in [3.8, 4) is 0 Å². The van der Waals surface area contributed by atoms with Crippen molar-refractivity contribution in [3.63, 3.8) is 0 Å². The van der Waals surface area contributed by atoms with Gasteiger partial charge in [0.05, 0.1) is 11.7 Å². The number of aliphatic hydroxyl groups excluding tert-OH is 1. The Morgan fingerprint density at radius 1 is 1.47 bits per heavy atom. The highest BCUT2D eigenvalue weighted by atomic mass is 16.4. The number of hydrogen-bond donors (Lipinski definition) is 3. The standard InChI is InChI=1S/C13H19NO3/c1-2-12(15)6-7-14-9-10-4-3-5-11(8-10)13(16)17/h3-5,8,12,14-15H,2,6-7,9H2,1H3,(H,16,17). The Hall–Kier alpha value is -1.39. The quantitative estimate of drug-likeness (QED) is 0.630. The molecule has 0 saturated carbocycles. The number of hydrogen-bond acceptors (Lipinski definition) is 3. The third-order valence-corrected chi connectivity index (χ3v) is 2.63. The zero-order valence-electron chi connectivity index (χ0n) is 10.0. The van der Waals surface area contributed by atoms with E-state index in [-0.39, 0.29) is 6.10 Å². The number of benzene rings is 1. The van der Waals surface area contributed by atoms with Crippen molar-refractivity contribution < 1.29 is 15.0 Å². The van der Waals surface area contributed by atoms with E-state index in [1.54, 1.807) is 18.2 Å². The van der Waals surface area contributed by atoms with Gasteiger partial charge in [0.2, 0.25) is 0 Å². The molecule has 0 bridgehead atoms. The average molecular weight is 237 g/mol. The summed E-state index contributed by atoms with van der Waals surface area (Å²) in [7, 11) is 0. The van der Waals surface area contributed by atoms with E-state index in [1.165, 1.54) is 0 Å². The first-order chi connectivity index (χ1) is 8.13. The maximum Gasteiger partial charge on any atom is 0.335 e. The van der Waals surface area contributed by atoms with Crippen LogP contribution in [-0.4, -0.2) is 28.8 Å². The van der Waals surface area contributed by atoms with E-state index < -0.39 is 5.97 Å². The first kappa shape index (κ1) is 13.7. The van der Waals surface area contributed by atoms with E-state index in [4.69, 9.17) is 5.11 Å². The van der Waals surface area contributed by atoms with Crippen LogP contribution in [0.25, 0.3) is 0 Å². The molecule has 0 aliphatic rings. The van der Waals surface area contributed by atoms with Crippen LogP contribution >= 0.6 is 0 Å². The van der Waals surface area contributed by atoms with Gasteiger partial charge in [-0.1, -0.05) is 19.1 Å². The maximum absolute atomic E-state index is 10.8. The van der Waals surface area contributed by atoms with E-state index >= 15 is 0 Å². The van der Waals surface area contributed by atoms with Gasteiger partial charge in [-0.3, -0.25) is 0 Å². The molecule has 0 aliphatic heterocycles. The van der Waals surface area contributed by atoms with Crippen LogP contribution < -0.4 is 5.32 Å². The lowest BCUT2D eigenvalue weighted by Gasteiger charge is -2.09. The molecule has 0 fully saturated rings. The van der Waals surface area contributed by atoms with Crippen LogP contribution in [0, 0.1) is 0 Å². The van der Waals surface area contributed by atoms with E-state index in [0.29, 0.717) is 12.1 Å². The third kappa shape index (κ3) is 4.97. The Balaban J connectivity index is 2.36. The molecule has 3 N–H and O–H groups in total. The fourth-order valence-electron chi connectivity index (χ4n) is 1.52. The van der Waals surface area contributed by atoms with Crippen LogP contribution in [0.2, 0.25) is 0 Å². The fourth-order valence-corrected chi connectivity index (χ4v) is 1.52. The van der Waals surface area contributed by atoms with Gasteiger partial charge in [0.25, 0.3) is 0 Å². The normalized spacial score (nSPS) is 12.4. The molecule has 4 heteroatoms. The summed E-state index contributed by atoms with van der Waals surface area (Å²) in [4.78, 5) is 10.8. The molecule has 0 radical (unpaired) electrons. The Bertz CT molecular complexity index is 365. The Morgan fingerprint density at radius 2 is 2.24 bits per heavy atom. The lowest BCUT2D eigenvalue weighted by molar-refractivity contribution is 0.0696. The monoisotopic (exact) mass is 237 g/mol. The SMILES string of the molecule is CCC(O)CCNCc1cccc(C(=O)O)c1. The molecule has 0 heterocycles. The van der Waals surface area contributed by atoms with Crippen molar-refractivity contribution >= 4 is 5.97 Å². The molecule has 1 atom stereocenters. The second kappa shape index (κ2) is 7.04. The largest absolute Gasteiger partial charge is 0.478 e. The highest BCUT2D eigenvalue weighted by molar-refractivity contribution is 5.87. The number of carboxylic acid groups (broad SMARTS) is 1. The Morgan fingerprint density at radius 3 is 2.88 bits per heavy atom. The van der Waals surface area contributed by atoms with Gasteiger partial charge >= 0.3 is 5.97 Å². The second-order valence-corrected chi connectivity index (χ2v) is 4.03. The first-order valence-electron chi connectivity index (χ1n) is 5.84. The molecule has 94 valence electrons. The summed E-state index contributed by atoms with van der Waals surface area (Å²) >= 11 is 0. The highest BCUT2D eigenvalue weighted by Gasteiger charge is 2.03. The molecule has 0 aromatic heterocycles. The number of rotatable bonds is 7. The number of aliphatic hydroxyl groups is 1. The van der Waals surface area contributed by atoms with Crippen molar-refractivity contribution in [2.45, 2.75) is 32.4 Å². The first-order valence-corrected chi connectivity index (χ1v) is 5.84. The third-order valence-electron chi connectivity index (χ3n) is 2.63. The van der Waals surface area contributed by atoms with Crippen LogP contribution in [0.5, 0.6) is 0 Å². The summed E-state index contributed by atoms with van der Waals surface area (Å²) in [6.07, 6.45) is 1.22. The van der Waals surface area contributed by atoms with Crippen LogP contribution in [0.3, 0.4) is 0 Å². The van der Waals surface area contributed by atoms with Crippen molar-refractivity contribution in [3.05, 3.63) is 35.4 Å². The Kier molecular flexibility index (Phi) is 5.66. The summed E-state index contributed by atoms with van der Waals surface area (Å²) in [6.45, 7) is 3.30. The molecule has 1 aromatic carbocycles. The van der Waals surface area contributed by atoms with Crippen LogP contribution in [0.15, 0.2) is 24.3 Å². The molecule has 1 unspecified atom stereocenters. The summed E-state index contributed by atoms with van der Waals surface area (Å²) in [5.41, 5.74) is 1.24. The predicted molar refractivity (Wildman–Crippen MR) is 66.0 cm³/mol. The number of nitrogens with one attached hydrogen (secondary N) is 1. The molecule has 4 nitrogen and oxygen atoms in total. The smallest absolute Gasteiger partial charge is 0.335 e. The fraction of sp³-hybridized carbons (Fsp3) is 0.462. The van der Waals surface area contributed by atoms with Gasteiger partial charge in [-0.15, -0.1) is 0 Å². The lowest BCUT2D eigenvalue weighted by Crippen LogP contribution is -2.19. The minimum atomic E-state index is -0.909. The summed E-state index contributed by atoms with van der Waals surface area (Å²) < 4.78 is 0. The minimum Gasteiger partial charge on any atom is -0.478 e. The van der Waals surface area contributed by atoms with Crippen LogP contribution in [0.4, 0.5) is 0 Å². The summed E-state index contributed by atoms with van der Waals surface area (Å²) in [5, 5.41) is 21.4. The molecule has 1 rings (SSSR count). The van der Waals surface area contributed by atoms with Crippen molar-refractivity contribution in [1.82, 2.24) is 5.32 Å². The van der Waals surface area contributed by atoms with Crippen LogP contribution in [-0.2, 0) is 6.54 Å². The molecule has 0 saturated heterocycles. The zero-order valence-corrected chi connectivity index (χ0v) is 10.0. The number of carbonyl (C=O) groups is 1. The van der Waals surface area contributed by atoms with Gasteiger partial charge in [-0.2, -0.15) is 0 Å². The lowest BCUT2D eigenvalue weighted by atomic mass is 10.1. The second-order valence-electron chi connectivity index (χ2n) is 4.03. The van der Waals surface area contributed by atoms with Gasteiger partial charge in [0, 0.05) is 6.54 Å². The van der Waals surface area contributed by atoms with Crippen molar-refractivity contribution in [2.24, 2.45) is 0 Å². The van der Waals surface area contributed by atoms with E-state index in [2.05, 4.69) is 5.32 Å². The van der Waals surface area contributed by atoms with E-state index in [0.717, 1.165) is 24.9 Å². The van der Waals surface area contributed by atoms with Crippen molar-refractivity contribution in [1.29, 1.82) is 0 Å². The highest BCUT2D eigenvalue weighted by Crippen LogP contribution is 2.05. The molecule has 0 aliphatic carbocycles. The summed E-state index contributed by atoms with van der Waals surface area (Å²) in [6, 6.07) is 6.86. The van der Waals surface area contributed by atoms with Crippen molar-refractivity contribution in [2.75, 3.05) is 6.54 Å². The average Bonchev–Trinajstić information content (AvgIpc) is 2.34. The maximum atomic E-state index is 10.8. The zero-order chi connectivity index (χ0) is 12.7.